The maximum Gasteiger partial charge on any atom is 0.471 e. The molecule has 0 radical (unpaired) electrons. The number of rotatable bonds is 4. The molecule has 1 amide bonds. The highest BCUT2D eigenvalue weighted by Crippen LogP contribution is 2.23. The summed E-state index contributed by atoms with van der Waals surface area (Å²) >= 11 is 5.67. The minimum Gasteiger partial charge on any atom is -0.481 e. The number of nitrogens with one attached hydrogen (secondary N) is 1. The van der Waals surface area contributed by atoms with E-state index >= 15 is 0 Å². The minimum atomic E-state index is -5.07. The van der Waals surface area contributed by atoms with Crippen LogP contribution in [0.25, 0.3) is 0 Å². The molecule has 0 aliphatic heterocycles. The summed E-state index contributed by atoms with van der Waals surface area (Å²) in [7, 11) is 0. The van der Waals surface area contributed by atoms with E-state index < -0.39 is 30.5 Å². The van der Waals surface area contributed by atoms with E-state index in [1.165, 1.54) is 24.3 Å². The monoisotopic (exact) mass is 295 g/mol. The van der Waals surface area contributed by atoms with E-state index in [9.17, 15) is 22.8 Å². The summed E-state index contributed by atoms with van der Waals surface area (Å²) in [5.41, 5.74) is 0.188. The standard InChI is InChI=1S/C11H9ClF3NO3/c12-7-3-1-2-6(4-7)8(5-9(17)18)16-10(19)11(13,14)15/h1-4,8H,5H2,(H,16,19)(H,17,18)/t8-/m1/s1. The fourth-order valence-electron chi connectivity index (χ4n) is 1.39. The molecule has 19 heavy (non-hydrogen) atoms. The molecule has 0 unspecified atom stereocenters. The van der Waals surface area contributed by atoms with Crippen molar-refractivity contribution in [2.75, 3.05) is 0 Å². The highest BCUT2D eigenvalue weighted by atomic mass is 35.5. The van der Waals surface area contributed by atoms with E-state index in [-0.39, 0.29) is 10.6 Å². The van der Waals surface area contributed by atoms with Crippen molar-refractivity contribution in [2.24, 2.45) is 0 Å². The van der Waals surface area contributed by atoms with Gasteiger partial charge in [0.1, 0.15) is 0 Å². The molecule has 0 saturated carbocycles. The van der Waals surface area contributed by atoms with Crippen molar-refractivity contribution < 1.29 is 27.9 Å². The molecule has 4 nitrogen and oxygen atoms in total. The fourth-order valence-corrected chi connectivity index (χ4v) is 1.59. The maximum atomic E-state index is 12.2. The number of hydrogen-bond donors (Lipinski definition) is 2. The lowest BCUT2D eigenvalue weighted by Crippen LogP contribution is -2.39. The van der Waals surface area contributed by atoms with Gasteiger partial charge < -0.3 is 10.4 Å². The summed E-state index contributed by atoms with van der Waals surface area (Å²) in [6.07, 6.45) is -5.75. The SMILES string of the molecule is O=C(O)C[C@@H](NC(=O)C(F)(F)F)c1cccc(Cl)c1. The van der Waals surface area contributed by atoms with Gasteiger partial charge in [-0.25, -0.2) is 0 Å². The van der Waals surface area contributed by atoms with E-state index in [1.54, 1.807) is 5.32 Å². The van der Waals surface area contributed by atoms with Gasteiger partial charge in [-0.3, -0.25) is 9.59 Å². The highest BCUT2D eigenvalue weighted by molar-refractivity contribution is 6.30. The second kappa shape index (κ2) is 5.92. The Morgan fingerprint density at radius 3 is 2.47 bits per heavy atom. The number of carbonyl (C=O) groups is 2. The van der Waals surface area contributed by atoms with E-state index in [0.717, 1.165) is 0 Å². The number of hydrogen-bond acceptors (Lipinski definition) is 2. The zero-order valence-corrected chi connectivity index (χ0v) is 10.1. The van der Waals surface area contributed by atoms with Crippen LogP contribution < -0.4 is 5.32 Å². The first-order valence-electron chi connectivity index (χ1n) is 5.05. The van der Waals surface area contributed by atoms with Crippen LogP contribution in [0.15, 0.2) is 24.3 Å². The van der Waals surface area contributed by atoms with Gasteiger partial charge in [-0.15, -0.1) is 0 Å². The van der Waals surface area contributed by atoms with Gasteiger partial charge in [0.15, 0.2) is 0 Å². The van der Waals surface area contributed by atoms with Crippen molar-refractivity contribution in [3.63, 3.8) is 0 Å². The minimum absolute atomic E-state index is 0.188. The van der Waals surface area contributed by atoms with Crippen LogP contribution in [0.5, 0.6) is 0 Å². The Kier molecular flexibility index (Phi) is 4.77. The number of alkyl halides is 3. The van der Waals surface area contributed by atoms with Crippen LogP contribution in [0.3, 0.4) is 0 Å². The van der Waals surface area contributed by atoms with Crippen molar-refractivity contribution in [3.8, 4) is 0 Å². The summed E-state index contributed by atoms with van der Waals surface area (Å²) in [5.74, 6) is -3.54. The van der Waals surface area contributed by atoms with Crippen LogP contribution in [0.2, 0.25) is 5.02 Å². The molecule has 0 fully saturated rings. The molecule has 1 atom stereocenters. The smallest absolute Gasteiger partial charge is 0.471 e. The molecule has 8 heteroatoms. The van der Waals surface area contributed by atoms with Crippen LogP contribution in [0.4, 0.5) is 13.2 Å². The maximum absolute atomic E-state index is 12.2. The van der Waals surface area contributed by atoms with Gasteiger partial charge >= 0.3 is 18.1 Å². The van der Waals surface area contributed by atoms with Gasteiger partial charge in [0, 0.05) is 5.02 Å². The summed E-state index contributed by atoms with van der Waals surface area (Å²) in [6, 6.07) is 4.31. The Hall–Kier alpha value is -1.76. The Balaban J connectivity index is 2.96. The fraction of sp³-hybridized carbons (Fsp3) is 0.273. The summed E-state index contributed by atoms with van der Waals surface area (Å²) < 4.78 is 36.5. The number of halogens is 4. The van der Waals surface area contributed by atoms with Gasteiger partial charge in [-0.2, -0.15) is 13.2 Å². The second-order valence-corrected chi connectivity index (χ2v) is 4.11. The van der Waals surface area contributed by atoms with Crippen LogP contribution in [-0.2, 0) is 9.59 Å². The van der Waals surface area contributed by atoms with Crippen molar-refractivity contribution >= 4 is 23.5 Å². The van der Waals surface area contributed by atoms with Crippen molar-refractivity contribution in [3.05, 3.63) is 34.9 Å². The first-order chi connectivity index (χ1) is 8.70. The van der Waals surface area contributed by atoms with E-state index in [0.29, 0.717) is 0 Å². The molecular weight excluding hydrogens is 287 g/mol. The van der Waals surface area contributed by atoms with Crippen LogP contribution in [-0.4, -0.2) is 23.2 Å². The quantitative estimate of drug-likeness (QED) is 0.897. The number of amides is 1. The molecule has 0 bridgehead atoms. The first-order valence-corrected chi connectivity index (χ1v) is 5.43. The predicted molar refractivity (Wildman–Crippen MR) is 60.6 cm³/mol. The zero-order valence-electron chi connectivity index (χ0n) is 9.37. The molecule has 0 spiro atoms. The normalized spacial score (nSPS) is 12.8. The zero-order chi connectivity index (χ0) is 14.6. The number of aliphatic carboxylic acids is 1. The van der Waals surface area contributed by atoms with Gasteiger partial charge in [0.25, 0.3) is 0 Å². The highest BCUT2D eigenvalue weighted by Gasteiger charge is 2.40. The van der Waals surface area contributed by atoms with E-state index in [2.05, 4.69) is 0 Å². The number of benzene rings is 1. The van der Waals surface area contributed by atoms with Crippen molar-refractivity contribution in [2.45, 2.75) is 18.6 Å². The molecule has 104 valence electrons. The third-order valence-electron chi connectivity index (χ3n) is 2.19. The molecule has 0 heterocycles. The third-order valence-corrected chi connectivity index (χ3v) is 2.43. The van der Waals surface area contributed by atoms with Gasteiger partial charge in [-0.1, -0.05) is 23.7 Å². The molecule has 0 aromatic heterocycles. The Morgan fingerprint density at radius 1 is 1.37 bits per heavy atom. The Morgan fingerprint density at radius 2 is 2.00 bits per heavy atom. The molecule has 0 saturated heterocycles. The lowest BCUT2D eigenvalue weighted by atomic mass is 10.0. The average Bonchev–Trinajstić information content (AvgIpc) is 2.26. The molecule has 2 N–H and O–H groups in total. The van der Waals surface area contributed by atoms with E-state index in [4.69, 9.17) is 16.7 Å². The number of carboxylic acid groups (broad SMARTS) is 1. The second-order valence-electron chi connectivity index (χ2n) is 3.68. The predicted octanol–water partition coefficient (Wildman–Crippen LogP) is 2.53. The summed E-state index contributed by atoms with van der Waals surface area (Å²) in [6.45, 7) is 0. The van der Waals surface area contributed by atoms with Crippen LogP contribution >= 0.6 is 11.6 Å². The third kappa shape index (κ3) is 4.78. The molecule has 1 aromatic carbocycles. The van der Waals surface area contributed by atoms with Gasteiger partial charge in [0.2, 0.25) is 0 Å². The van der Waals surface area contributed by atoms with Crippen LogP contribution in [0, 0.1) is 0 Å². The molecule has 0 aliphatic rings. The van der Waals surface area contributed by atoms with Crippen molar-refractivity contribution in [1.29, 1.82) is 0 Å². The Labute approximate surface area is 111 Å². The Bertz CT molecular complexity index is 490. The molecule has 1 aromatic rings. The van der Waals surface area contributed by atoms with Gasteiger partial charge in [-0.05, 0) is 17.7 Å². The first kappa shape index (κ1) is 15.3. The lowest BCUT2D eigenvalue weighted by molar-refractivity contribution is -0.174. The summed E-state index contributed by atoms with van der Waals surface area (Å²) in [5, 5.41) is 10.5. The molecular formula is C11H9ClF3NO3. The molecule has 0 aliphatic carbocycles. The summed E-state index contributed by atoms with van der Waals surface area (Å²) in [4.78, 5) is 21.5. The largest absolute Gasteiger partial charge is 0.481 e. The van der Waals surface area contributed by atoms with Gasteiger partial charge in [0.05, 0.1) is 12.5 Å². The van der Waals surface area contributed by atoms with E-state index in [1.807, 2.05) is 0 Å². The molecule has 1 rings (SSSR count). The number of carboxylic acids is 1. The topological polar surface area (TPSA) is 66.4 Å². The average molecular weight is 296 g/mol. The van der Waals surface area contributed by atoms with Crippen molar-refractivity contribution in [1.82, 2.24) is 5.32 Å². The lowest BCUT2D eigenvalue weighted by Gasteiger charge is -2.18. The van der Waals surface area contributed by atoms with Crippen LogP contribution in [0.1, 0.15) is 18.0 Å². The number of carbonyl (C=O) groups excluding carboxylic acids is 1.